The van der Waals surface area contributed by atoms with E-state index in [1.54, 1.807) is 0 Å². The van der Waals surface area contributed by atoms with E-state index < -0.39 is 17.8 Å². The number of carbonyl (C=O) groups is 3. The summed E-state index contributed by atoms with van der Waals surface area (Å²) in [6, 6.07) is 8.81. The Hall–Kier alpha value is -2.37. The number of esters is 1. The lowest BCUT2D eigenvalue weighted by Gasteiger charge is -2.14. The van der Waals surface area contributed by atoms with Crippen molar-refractivity contribution in [3.63, 3.8) is 0 Å². The fourth-order valence-corrected chi connectivity index (χ4v) is 2.84. The summed E-state index contributed by atoms with van der Waals surface area (Å²) in [5.74, 6) is -1.34. The second-order valence-electron chi connectivity index (χ2n) is 6.30. The van der Waals surface area contributed by atoms with Gasteiger partial charge < -0.3 is 4.74 Å². The molecule has 5 nitrogen and oxygen atoms in total. The maximum absolute atomic E-state index is 12.7. The minimum absolute atomic E-state index is 0.153. The van der Waals surface area contributed by atoms with Gasteiger partial charge in [0.25, 0.3) is 11.8 Å². The molecule has 0 fully saturated rings. The molecule has 1 heterocycles. The highest BCUT2D eigenvalue weighted by atomic mass is 35.5. The van der Waals surface area contributed by atoms with E-state index in [1.807, 2.05) is 13.8 Å². The lowest BCUT2D eigenvalue weighted by molar-refractivity contribution is 0.0458. The molecule has 1 aliphatic rings. The lowest BCUT2D eigenvalue weighted by atomic mass is 10.1. The number of imide groups is 1. The number of amides is 2. The summed E-state index contributed by atoms with van der Waals surface area (Å²) in [5, 5.41) is 0.556. The minimum atomic E-state index is -0.533. The van der Waals surface area contributed by atoms with Gasteiger partial charge in [-0.25, -0.2) is 9.69 Å². The molecule has 7 heteroatoms. The second-order valence-corrected chi connectivity index (χ2v) is 7.11. The van der Waals surface area contributed by atoms with Crippen LogP contribution in [-0.4, -0.2) is 24.4 Å². The van der Waals surface area contributed by atoms with Gasteiger partial charge in [0.15, 0.2) is 0 Å². The van der Waals surface area contributed by atoms with Gasteiger partial charge >= 0.3 is 5.97 Å². The largest absolute Gasteiger partial charge is 0.462 e. The van der Waals surface area contributed by atoms with Crippen molar-refractivity contribution in [2.24, 2.45) is 5.92 Å². The molecule has 0 spiro atoms. The van der Waals surface area contributed by atoms with E-state index in [9.17, 15) is 14.4 Å². The molecular formula is C19H15Cl2NO4. The van der Waals surface area contributed by atoms with Crippen molar-refractivity contribution in [1.82, 2.24) is 0 Å². The number of ether oxygens (including phenoxy) is 1. The smallest absolute Gasteiger partial charge is 0.338 e. The third-order valence-corrected chi connectivity index (χ3v) is 4.57. The monoisotopic (exact) mass is 391 g/mol. The molecule has 0 unspecified atom stereocenters. The minimum Gasteiger partial charge on any atom is -0.462 e. The van der Waals surface area contributed by atoms with E-state index in [1.165, 1.54) is 36.4 Å². The third kappa shape index (κ3) is 3.32. The summed E-state index contributed by atoms with van der Waals surface area (Å²) in [6.45, 7) is 4.12. The lowest BCUT2D eigenvalue weighted by Crippen LogP contribution is -2.29. The Kier molecular flexibility index (Phi) is 5.03. The molecule has 0 saturated heterocycles. The zero-order valence-electron chi connectivity index (χ0n) is 14.1. The number of halogens is 2. The Morgan fingerprint density at radius 1 is 1.00 bits per heavy atom. The molecule has 2 amide bonds. The fraction of sp³-hybridized carbons (Fsp3) is 0.211. The fourth-order valence-electron chi connectivity index (χ4n) is 2.55. The van der Waals surface area contributed by atoms with E-state index in [-0.39, 0.29) is 34.2 Å². The Morgan fingerprint density at radius 3 is 2.35 bits per heavy atom. The van der Waals surface area contributed by atoms with Gasteiger partial charge in [0.1, 0.15) is 0 Å². The standard InChI is InChI=1S/C19H15Cl2NO4/c1-10(2)9-26-19(25)11-3-5-13-14(7-11)18(24)22(17(13)23)12-4-6-15(20)16(21)8-12/h3-8,10H,9H2,1-2H3. The number of nitrogens with zero attached hydrogens (tertiary/aromatic N) is 1. The summed E-state index contributed by atoms with van der Waals surface area (Å²) in [6.07, 6.45) is 0. The van der Waals surface area contributed by atoms with Gasteiger partial charge in [0.05, 0.1) is 39.0 Å². The van der Waals surface area contributed by atoms with Crippen LogP contribution in [0.3, 0.4) is 0 Å². The zero-order chi connectivity index (χ0) is 19.0. The highest BCUT2D eigenvalue weighted by Crippen LogP contribution is 2.33. The van der Waals surface area contributed by atoms with E-state index in [0.717, 1.165) is 4.90 Å². The van der Waals surface area contributed by atoms with Gasteiger partial charge in [0.2, 0.25) is 0 Å². The number of rotatable bonds is 4. The zero-order valence-corrected chi connectivity index (χ0v) is 15.6. The van der Waals surface area contributed by atoms with Gasteiger partial charge in [-0.2, -0.15) is 0 Å². The number of hydrogen-bond donors (Lipinski definition) is 0. The van der Waals surface area contributed by atoms with Crippen LogP contribution in [0.4, 0.5) is 5.69 Å². The molecule has 0 radical (unpaired) electrons. The van der Waals surface area contributed by atoms with E-state index >= 15 is 0 Å². The van der Waals surface area contributed by atoms with Crippen molar-refractivity contribution in [2.45, 2.75) is 13.8 Å². The van der Waals surface area contributed by atoms with Crippen LogP contribution < -0.4 is 4.90 Å². The van der Waals surface area contributed by atoms with Gasteiger partial charge in [-0.1, -0.05) is 37.0 Å². The van der Waals surface area contributed by atoms with Crippen LogP contribution in [-0.2, 0) is 4.74 Å². The van der Waals surface area contributed by atoms with E-state index in [0.29, 0.717) is 10.7 Å². The first kappa shape index (κ1) is 18.4. The van der Waals surface area contributed by atoms with Crippen LogP contribution >= 0.6 is 23.2 Å². The molecule has 0 aliphatic carbocycles. The van der Waals surface area contributed by atoms with Gasteiger partial charge in [-0.15, -0.1) is 0 Å². The van der Waals surface area contributed by atoms with Gasteiger partial charge in [0, 0.05) is 0 Å². The predicted octanol–water partition coefficient (Wildman–Crippen LogP) is 4.61. The Labute approximate surface area is 160 Å². The highest BCUT2D eigenvalue weighted by Gasteiger charge is 2.37. The molecule has 0 saturated carbocycles. The molecule has 2 aromatic carbocycles. The maximum atomic E-state index is 12.7. The normalized spacial score (nSPS) is 13.3. The van der Waals surface area contributed by atoms with E-state index in [4.69, 9.17) is 27.9 Å². The summed E-state index contributed by atoms with van der Waals surface area (Å²) in [4.78, 5) is 38.5. The molecular weight excluding hydrogens is 377 g/mol. The summed E-state index contributed by atoms with van der Waals surface area (Å²) >= 11 is 11.9. The molecule has 1 aliphatic heterocycles. The molecule has 0 N–H and O–H groups in total. The number of benzene rings is 2. The van der Waals surface area contributed by atoms with E-state index in [2.05, 4.69) is 0 Å². The van der Waals surface area contributed by atoms with Crippen molar-refractivity contribution < 1.29 is 19.1 Å². The SMILES string of the molecule is CC(C)COC(=O)c1ccc2c(c1)C(=O)N(c1ccc(Cl)c(Cl)c1)C2=O. The Morgan fingerprint density at radius 2 is 1.69 bits per heavy atom. The highest BCUT2D eigenvalue weighted by molar-refractivity contribution is 6.42. The molecule has 134 valence electrons. The molecule has 0 aromatic heterocycles. The maximum Gasteiger partial charge on any atom is 0.338 e. The first-order valence-electron chi connectivity index (χ1n) is 7.94. The quantitative estimate of drug-likeness (QED) is 0.563. The number of fused-ring (bicyclic) bond motifs is 1. The van der Waals surface area contributed by atoms with Crippen molar-refractivity contribution in [3.05, 3.63) is 63.1 Å². The second kappa shape index (κ2) is 7.09. The third-order valence-electron chi connectivity index (χ3n) is 3.83. The molecule has 2 aromatic rings. The molecule has 3 rings (SSSR count). The predicted molar refractivity (Wildman–Crippen MR) is 99.2 cm³/mol. The Bertz CT molecular complexity index is 924. The number of anilines is 1. The van der Waals surface area contributed by atoms with Crippen LogP contribution in [0.1, 0.15) is 44.9 Å². The summed E-state index contributed by atoms with van der Waals surface area (Å²) in [5.41, 5.74) is 0.914. The van der Waals surface area contributed by atoms with Gasteiger partial charge in [-0.3, -0.25) is 9.59 Å². The van der Waals surface area contributed by atoms with Crippen LogP contribution in [0.5, 0.6) is 0 Å². The van der Waals surface area contributed by atoms with Crippen LogP contribution in [0.25, 0.3) is 0 Å². The number of carbonyl (C=O) groups excluding carboxylic acids is 3. The van der Waals surface area contributed by atoms with Crippen LogP contribution in [0, 0.1) is 5.92 Å². The topological polar surface area (TPSA) is 63.7 Å². The molecule has 0 bridgehead atoms. The average Bonchev–Trinajstić information content (AvgIpc) is 2.86. The first-order chi connectivity index (χ1) is 12.3. The summed E-state index contributed by atoms with van der Waals surface area (Å²) in [7, 11) is 0. The van der Waals surface area contributed by atoms with Crippen LogP contribution in [0.2, 0.25) is 10.0 Å². The van der Waals surface area contributed by atoms with Crippen molar-refractivity contribution in [3.8, 4) is 0 Å². The summed E-state index contributed by atoms with van der Waals surface area (Å²) < 4.78 is 5.17. The van der Waals surface area contributed by atoms with Crippen molar-refractivity contribution >= 4 is 46.7 Å². The van der Waals surface area contributed by atoms with Crippen molar-refractivity contribution in [2.75, 3.05) is 11.5 Å². The van der Waals surface area contributed by atoms with Crippen LogP contribution in [0.15, 0.2) is 36.4 Å². The molecule has 26 heavy (non-hydrogen) atoms. The Balaban J connectivity index is 1.92. The van der Waals surface area contributed by atoms with Gasteiger partial charge in [-0.05, 0) is 42.3 Å². The molecule has 0 atom stereocenters. The number of hydrogen-bond acceptors (Lipinski definition) is 4. The average molecular weight is 392 g/mol. The first-order valence-corrected chi connectivity index (χ1v) is 8.70. The van der Waals surface area contributed by atoms with Crippen molar-refractivity contribution in [1.29, 1.82) is 0 Å².